The van der Waals surface area contributed by atoms with Gasteiger partial charge in [-0.1, -0.05) is 36.4 Å². The first kappa shape index (κ1) is 12.7. The van der Waals surface area contributed by atoms with Crippen molar-refractivity contribution in [2.75, 3.05) is 26.3 Å². The topological polar surface area (TPSA) is 12.5 Å². The quantitative estimate of drug-likeness (QED) is 0.587. The van der Waals surface area contributed by atoms with Gasteiger partial charge in [0, 0.05) is 22.1 Å². The summed E-state index contributed by atoms with van der Waals surface area (Å²) < 4.78 is 5.76. The Kier molecular flexibility index (Phi) is 4.23. The average molecular weight is 311 g/mol. The summed E-state index contributed by atoms with van der Waals surface area (Å²) >= 11 is 2.54. The molecule has 0 N–H and O–H groups in total. The first-order valence-electron chi connectivity index (χ1n) is 5.33. The second-order valence-corrected chi connectivity index (χ2v) is 8.23. The van der Waals surface area contributed by atoms with Crippen molar-refractivity contribution >= 4 is 22.6 Å². The molecule has 0 aromatic heterocycles. The summed E-state index contributed by atoms with van der Waals surface area (Å²) in [5.41, 5.74) is 0.300. The van der Waals surface area contributed by atoms with E-state index in [0.29, 0.717) is 8.96 Å². The molecule has 3 heteroatoms. The maximum Gasteiger partial charge on any atom is 0.0594 e. The molecule has 1 fully saturated rings. The van der Waals surface area contributed by atoms with Gasteiger partial charge in [0.1, 0.15) is 0 Å². The number of hydrogen-bond donors (Lipinski definition) is 0. The number of hydrogen-bond acceptors (Lipinski definition) is 2. The summed E-state index contributed by atoms with van der Waals surface area (Å²) in [5.74, 6) is 0. The van der Waals surface area contributed by atoms with Crippen LogP contribution in [0, 0.1) is 0 Å². The third kappa shape index (κ3) is 4.03. The second kappa shape index (κ2) is 4.66. The Morgan fingerprint density at radius 1 is 1.14 bits per heavy atom. The lowest BCUT2D eigenvalue weighted by molar-refractivity contribution is -0.0145. The van der Waals surface area contributed by atoms with Gasteiger partial charge in [-0.2, -0.15) is 0 Å². The zero-order chi connectivity index (χ0) is 10.8. The lowest BCUT2D eigenvalue weighted by atomic mass is 9.90. The van der Waals surface area contributed by atoms with E-state index in [0.717, 1.165) is 26.3 Å². The molecule has 1 saturated heterocycles. The van der Waals surface area contributed by atoms with E-state index in [2.05, 4.69) is 55.2 Å². The maximum absolute atomic E-state index is 5.38. The molecule has 84 valence electrons. The number of nitrogens with zero attached hydrogens (tertiary/aromatic N) is 1. The van der Waals surface area contributed by atoms with Crippen LogP contribution in [0.15, 0.2) is 0 Å². The lowest BCUT2D eigenvalue weighted by Crippen LogP contribution is -2.51. The van der Waals surface area contributed by atoms with Gasteiger partial charge >= 0.3 is 0 Å². The Bertz CT molecular complexity index is 180. The number of ether oxygens (including phenoxy) is 1. The van der Waals surface area contributed by atoms with Crippen molar-refractivity contribution in [3.05, 3.63) is 0 Å². The standard InChI is InChI=1S/C11H22INO/c1-10(2,12)9-11(3,4)13-5-7-14-8-6-13/h5-9H2,1-4H3. The van der Waals surface area contributed by atoms with Crippen LogP contribution in [0.25, 0.3) is 0 Å². The van der Waals surface area contributed by atoms with E-state index in [-0.39, 0.29) is 0 Å². The van der Waals surface area contributed by atoms with Crippen LogP contribution in [0.1, 0.15) is 34.1 Å². The zero-order valence-corrected chi connectivity index (χ0v) is 11.9. The minimum atomic E-state index is 0.300. The first-order chi connectivity index (χ1) is 6.31. The van der Waals surface area contributed by atoms with Crippen molar-refractivity contribution in [3.8, 4) is 0 Å². The van der Waals surface area contributed by atoms with Crippen molar-refractivity contribution in [2.45, 2.75) is 43.1 Å². The summed E-state index contributed by atoms with van der Waals surface area (Å²) in [6.07, 6.45) is 1.22. The van der Waals surface area contributed by atoms with Crippen LogP contribution in [0.2, 0.25) is 0 Å². The van der Waals surface area contributed by atoms with Crippen molar-refractivity contribution in [2.24, 2.45) is 0 Å². The van der Waals surface area contributed by atoms with E-state index in [1.54, 1.807) is 0 Å². The fraction of sp³-hybridized carbons (Fsp3) is 1.00. The van der Waals surface area contributed by atoms with E-state index < -0.39 is 0 Å². The molecule has 0 aromatic carbocycles. The summed E-state index contributed by atoms with van der Waals surface area (Å²) in [5, 5.41) is 0. The van der Waals surface area contributed by atoms with Crippen LogP contribution in [-0.2, 0) is 4.74 Å². The number of rotatable bonds is 3. The molecule has 1 aliphatic rings. The molecular formula is C11H22INO. The summed E-state index contributed by atoms with van der Waals surface area (Å²) in [6.45, 7) is 13.2. The van der Waals surface area contributed by atoms with Crippen molar-refractivity contribution < 1.29 is 4.74 Å². The average Bonchev–Trinajstić information content (AvgIpc) is 2.01. The molecule has 0 atom stereocenters. The predicted octanol–water partition coefficient (Wildman–Crippen LogP) is 2.70. The fourth-order valence-corrected chi connectivity index (χ4v) is 3.24. The van der Waals surface area contributed by atoms with Gasteiger partial charge in [-0.3, -0.25) is 4.90 Å². The monoisotopic (exact) mass is 311 g/mol. The van der Waals surface area contributed by atoms with Crippen LogP contribution in [0.4, 0.5) is 0 Å². The van der Waals surface area contributed by atoms with Crippen molar-refractivity contribution in [1.82, 2.24) is 4.90 Å². The van der Waals surface area contributed by atoms with E-state index in [4.69, 9.17) is 4.74 Å². The Morgan fingerprint density at radius 2 is 1.64 bits per heavy atom. The molecule has 0 saturated carbocycles. The van der Waals surface area contributed by atoms with E-state index in [1.165, 1.54) is 6.42 Å². The SMILES string of the molecule is CC(C)(I)CC(C)(C)N1CCOCC1. The normalized spacial score (nSPS) is 21.2. The zero-order valence-electron chi connectivity index (χ0n) is 9.77. The third-order valence-electron chi connectivity index (χ3n) is 2.72. The highest BCUT2D eigenvalue weighted by molar-refractivity contribution is 14.1. The van der Waals surface area contributed by atoms with Gasteiger partial charge in [0.15, 0.2) is 0 Å². The molecule has 0 radical (unpaired) electrons. The molecule has 0 bridgehead atoms. The smallest absolute Gasteiger partial charge is 0.0594 e. The third-order valence-corrected chi connectivity index (χ3v) is 3.10. The highest BCUT2D eigenvalue weighted by Crippen LogP contribution is 2.32. The van der Waals surface area contributed by atoms with Gasteiger partial charge in [-0.05, 0) is 20.3 Å². The highest BCUT2D eigenvalue weighted by Gasteiger charge is 2.32. The number of halogens is 1. The van der Waals surface area contributed by atoms with Crippen LogP contribution < -0.4 is 0 Å². The van der Waals surface area contributed by atoms with Gasteiger partial charge in [-0.25, -0.2) is 0 Å². The molecule has 1 aliphatic heterocycles. The molecule has 0 aromatic rings. The second-order valence-electron chi connectivity index (χ2n) is 5.31. The van der Waals surface area contributed by atoms with Gasteiger partial charge in [0.25, 0.3) is 0 Å². The molecule has 14 heavy (non-hydrogen) atoms. The molecule has 0 aliphatic carbocycles. The molecule has 0 unspecified atom stereocenters. The minimum Gasteiger partial charge on any atom is -0.379 e. The van der Waals surface area contributed by atoms with Crippen LogP contribution in [0.3, 0.4) is 0 Å². The van der Waals surface area contributed by atoms with Crippen LogP contribution >= 0.6 is 22.6 Å². The molecule has 0 amide bonds. The molecular weight excluding hydrogens is 289 g/mol. The van der Waals surface area contributed by atoms with Crippen LogP contribution in [-0.4, -0.2) is 40.2 Å². The Labute approximate surface area is 102 Å². The first-order valence-corrected chi connectivity index (χ1v) is 6.41. The van der Waals surface area contributed by atoms with Gasteiger partial charge in [0.05, 0.1) is 13.2 Å². The van der Waals surface area contributed by atoms with Gasteiger partial charge in [-0.15, -0.1) is 0 Å². The van der Waals surface area contributed by atoms with Crippen molar-refractivity contribution in [1.29, 1.82) is 0 Å². The largest absolute Gasteiger partial charge is 0.379 e. The highest BCUT2D eigenvalue weighted by atomic mass is 127. The minimum absolute atomic E-state index is 0.300. The Balaban J connectivity index is 2.54. The van der Waals surface area contributed by atoms with E-state index in [9.17, 15) is 0 Å². The van der Waals surface area contributed by atoms with E-state index in [1.807, 2.05) is 0 Å². The summed E-state index contributed by atoms with van der Waals surface area (Å²) in [6, 6.07) is 0. The molecule has 0 spiro atoms. The molecule has 1 heterocycles. The van der Waals surface area contributed by atoms with Gasteiger partial charge < -0.3 is 4.74 Å². The Hall–Kier alpha value is 0.650. The van der Waals surface area contributed by atoms with E-state index >= 15 is 0 Å². The van der Waals surface area contributed by atoms with Gasteiger partial charge in [0.2, 0.25) is 0 Å². The lowest BCUT2D eigenvalue weighted by Gasteiger charge is -2.43. The molecule has 1 rings (SSSR count). The summed E-state index contributed by atoms with van der Waals surface area (Å²) in [4.78, 5) is 2.55. The predicted molar refractivity (Wildman–Crippen MR) is 69.2 cm³/mol. The molecule has 2 nitrogen and oxygen atoms in total. The summed E-state index contributed by atoms with van der Waals surface area (Å²) in [7, 11) is 0. The fourth-order valence-electron chi connectivity index (χ4n) is 2.31. The number of alkyl halides is 1. The van der Waals surface area contributed by atoms with Crippen LogP contribution in [0.5, 0.6) is 0 Å². The maximum atomic E-state index is 5.38. The van der Waals surface area contributed by atoms with Crippen molar-refractivity contribution in [3.63, 3.8) is 0 Å². The Morgan fingerprint density at radius 3 is 2.07 bits per heavy atom. The number of morpholine rings is 1.